The monoisotopic (exact) mass is 242 g/mol. The van der Waals surface area contributed by atoms with Crippen molar-refractivity contribution in [1.29, 1.82) is 0 Å². The molecular weight excluding hydrogens is 228 g/mol. The summed E-state index contributed by atoms with van der Waals surface area (Å²) < 4.78 is 5.03. The maximum atomic E-state index is 10.4. The summed E-state index contributed by atoms with van der Waals surface area (Å²) in [5.74, 6) is 1.10. The van der Waals surface area contributed by atoms with E-state index in [0.29, 0.717) is 11.1 Å². The molecule has 1 aromatic heterocycles. The van der Waals surface area contributed by atoms with Crippen molar-refractivity contribution in [2.45, 2.75) is 37.4 Å². The Bertz CT molecular complexity index is 361. The third kappa shape index (κ3) is 3.23. The lowest BCUT2D eigenvalue weighted by Crippen LogP contribution is -2.12. The molecule has 0 spiro atoms. The first-order valence-electron chi connectivity index (χ1n) is 5.39. The molecule has 88 valence electrons. The van der Waals surface area contributed by atoms with Gasteiger partial charge < -0.3 is 9.63 Å². The van der Waals surface area contributed by atoms with Crippen LogP contribution >= 0.6 is 11.8 Å². The quantitative estimate of drug-likeness (QED) is 0.862. The molecule has 2 rings (SSSR count). The van der Waals surface area contributed by atoms with Crippen molar-refractivity contribution >= 4 is 17.7 Å². The molecule has 0 amide bonds. The molecule has 0 saturated carbocycles. The second-order valence-corrected chi connectivity index (χ2v) is 5.28. The fraction of sp³-hybridized carbons (Fsp3) is 0.700. The van der Waals surface area contributed by atoms with Gasteiger partial charge in [-0.2, -0.15) is 16.7 Å². The van der Waals surface area contributed by atoms with Gasteiger partial charge >= 0.3 is 5.97 Å². The lowest BCUT2D eigenvalue weighted by atomic mass is 10.1. The Labute approximate surface area is 97.6 Å². The largest absolute Gasteiger partial charge is 0.481 e. The minimum absolute atomic E-state index is 0.165. The van der Waals surface area contributed by atoms with Crippen LogP contribution in [0.1, 0.15) is 31.0 Å². The highest BCUT2D eigenvalue weighted by atomic mass is 32.2. The third-order valence-electron chi connectivity index (χ3n) is 2.50. The third-order valence-corrected chi connectivity index (χ3v) is 3.89. The summed E-state index contributed by atoms with van der Waals surface area (Å²) in [6.07, 6.45) is 4.32. The van der Waals surface area contributed by atoms with Crippen molar-refractivity contribution in [3.63, 3.8) is 0 Å². The van der Waals surface area contributed by atoms with Gasteiger partial charge in [-0.15, -0.1) is 0 Å². The smallest absolute Gasteiger partial charge is 0.311 e. The van der Waals surface area contributed by atoms with Gasteiger partial charge in [0.1, 0.15) is 6.42 Å². The molecule has 0 aromatic carbocycles. The van der Waals surface area contributed by atoms with Crippen LogP contribution in [0.2, 0.25) is 0 Å². The number of nitrogens with zero attached hydrogens (tertiary/aromatic N) is 2. The molecule has 1 aromatic rings. The van der Waals surface area contributed by atoms with Gasteiger partial charge in [-0.25, -0.2) is 0 Å². The van der Waals surface area contributed by atoms with E-state index < -0.39 is 5.97 Å². The van der Waals surface area contributed by atoms with Crippen LogP contribution < -0.4 is 0 Å². The first kappa shape index (κ1) is 11.4. The van der Waals surface area contributed by atoms with Crippen LogP contribution in [0.3, 0.4) is 0 Å². The van der Waals surface area contributed by atoms with Crippen LogP contribution in [0.4, 0.5) is 0 Å². The average molecular weight is 242 g/mol. The number of thioether (sulfide) groups is 1. The van der Waals surface area contributed by atoms with Gasteiger partial charge in [0.25, 0.3) is 0 Å². The second-order valence-electron chi connectivity index (χ2n) is 3.87. The zero-order valence-corrected chi connectivity index (χ0v) is 9.70. The van der Waals surface area contributed by atoms with Crippen molar-refractivity contribution in [2.75, 3.05) is 5.75 Å². The molecule has 16 heavy (non-hydrogen) atoms. The molecule has 2 heterocycles. The number of carbonyl (C=O) groups is 1. The van der Waals surface area contributed by atoms with Crippen LogP contribution in [0, 0.1) is 0 Å². The van der Waals surface area contributed by atoms with E-state index in [4.69, 9.17) is 9.63 Å². The fourth-order valence-electron chi connectivity index (χ4n) is 1.74. The standard InChI is InChI=1S/C10H14N2O3S/c13-10(14)6-8-11-9(15-12-8)5-7-3-1-2-4-16-7/h7H,1-6H2,(H,13,14). The Morgan fingerprint density at radius 1 is 1.56 bits per heavy atom. The topological polar surface area (TPSA) is 76.2 Å². The predicted molar refractivity (Wildman–Crippen MR) is 59.4 cm³/mol. The van der Waals surface area contributed by atoms with Crippen LogP contribution in [-0.2, 0) is 17.6 Å². The molecule has 0 aliphatic carbocycles. The minimum Gasteiger partial charge on any atom is -0.481 e. The Morgan fingerprint density at radius 2 is 2.44 bits per heavy atom. The number of hydrogen-bond acceptors (Lipinski definition) is 5. The summed E-state index contributed by atoms with van der Waals surface area (Å²) in [6, 6.07) is 0. The molecule has 1 saturated heterocycles. The maximum Gasteiger partial charge on any atom is 0.311 e. The van der Waals surface area contributed by atoms with Gasteiger partial charge in [-0.3, -0.25) is 4.79 Å². The van der Waals surface area contributed by atoms with E-state index in [1.54, 1.807) is 0 Å². The SMILES string of the molecule is O=C(O)Cc1noc(CC2CCCCS2)n1. The summed E-state index contributed by atoms with van der Waals surface area (Å²) >= 11 is 1.94. The highest BCUT2D eigenvalue weighted by molar-refractivity contribution is 7.99. The Balaban J connectivity index is 1.88. The molecule has 0 radical (unpaired) electrons. The molecular formula is C10H14N2O3S. The van der Waals surface area contributed by atoms with Crippen LogP contribution in [0.15, 0.2) is 4.52 Å². The van der Waals surface area contributed by atoms with E-state index in [2.05, 4.69) is 10.1 Å². The van der Waals surface area contributed by atoms with Crippen molar-refractivity contribution in [3.8, 4) is 0 Å². The zero-order valence-electron chi connectivity index (χ0n) is 8.89. The molecule has 1 aliphatic rings. The summed E-state index contributed by atoms with van der Waals surface area (Å²) in [5.41, 5.74) is 0. The van der Waals surface area contributed by atoms with E-state index in [1.807, 2.05) is 11.8 Å². The molecule has 1 unspecified atom stereocenters. The molecule has 5 nitrogen and oxygen atoms in total. The normalized spacial score (nSPS) is 20.9. The molecule has 1 fully saturated rings. The number of aliphatic carboxylic acids is 1. The summed E-state index contributed by atoms with van der Waals surface area (Å²) in [5, 5.41) is 12.8. The average Bonchev–Trinajstić information content (AvgIpc) is 2.66. The van der Waals surface area contributed by atoms with Gasteiger partial charge in [-0.1, -0.05) is 11.6 Å². The number of aromatic nitrogens is 2. The lowest BCUT2D eigenvalue weighted by Gasteiger charge is -2.19. The number of carboxylic acid groups (broad SMARTS) is 1. The van der Waals surface area contributed by atoms with Gasteiger partial charge in [-0.05, 0) is 18.6 Å². The fourth-order valence-corrected chi connectivity index (χ4v) is 3.04. The Morgan fingerprint density at radius 3 is 3.12 bits per heavy atom. The summed E-state index contributed by atoms with van der Waals surface area (Å²) in [7, 11) is 0. The van der Waals surface area contributed by atoms with Gasteiger partial charge in [0.05, 0.1) is 0 Å². The number of carboxylic acids is 1. The van der Waals surface area contributed by atoms with Crippen molar-refractivity contribution in [3.05, 3.63) is 11.7 Å². The number of rotatable bonds is 4. The Hall–Kier alpha value is -1.04. The first-order chi connectivity index (χ1) is 7.74. The van der Waals surface area contributed by atoms with E-state index in [-0.39, 0.29) is 12.2 Å². The first-order valence-corrected chi connectivity index (χ1v) is 6.44. The van der Waals surface area contributed by atoms with Crippen LogP contribution in [0.25, 0.3) is 0 Å². The summed E-state index contributed by atoms with van der Waals surface area (Å²) in [4.78, 5) is 14.5. The molecule has 0 bridgehead atoms. The van der Waals surface area contributed by atoms with Gasteiger partial charge in [0, 0.05) is 11.7 Å². The highest BCUT2D eigenvalue weighted by Crippen LogP contribution is 2.27. The van der Waals surface area contributed by atoms with E-state index in [0.717, 1.165) is 6.42 Å². The van der Waals surface area contributed by atoms with Crippen LogP contribution in [0.5, 0.6) is 0 Å². The lowest BCUT2D eigenvalue weighted by molar-refractivity contribution is -0.136. The zero-order chi connectivity index (χ0) is 11.4. The van der Waals surface area contributed by atoms with Crippen molar-refractivity contribution < 1.29 is 14.4 Å². The predicted octanol–water partition coefficient (Wildman–Crippen LogP) is 1.52. The van der Waals surface area contributed by atoms with Crippen molar-refractivity contribution in [2.24, 2.45) is 0 Å². The van der Waals surface area contributed by atoms with E-state index in [1.165, 1.54) is 25.0 Å². The van der Waals surface area contributed by atoms with E-state index in [9.17, 15) is 4.79 Å². The highest BCUT2D eigenvalue weighted by Gasteiger charge is 2.18. The number of hydrogen-bond donors (Lipinski definition) is 1. The van der Waals surface area contributed by atoms with Gasteiger partial charge in [0.2, 0.25) is 5.89 Å². The molecule has 1 atom stereocenters. The molecule has 1 aliphatic heterocycles. The maximum absolute atomic E-state index is 10.4. The van der Waals surface area contributed by atoms with Crippen LogP contribution in [-0.4, -0.2) is 32.2 Å². The van der Waals surface area contributed by atoms with E-state index >= 15 is 0 Å². The minimum atomic E-state index is -0.931. The summed E-state index contributed by atoms with van der Waals surface area (Å²) in [6.45, 7) is 0. The Kier molecular flexibility index (Phi) is 3.82. The molecule has 6 heteroatoms. The second kappa shape index (κ2) is 5.34. The van der Waals surface area contributed by atoms with Gasteiger partial charge in [0.15, 0.2) is 5.82 Å². The van der Waals surface area contributed by atoms with Crippen molar-refractivity contribution in [1.82, 2.24) is 10.1 Å². The molecule has 1 N–H and O–H groups in total.